The number of hydrogen-bond acceptors (Lipinski definition) is 4. The number of anilines is 1. The largest absolute Gasteiger partial charge is 0.367 e. The van der Waals surface area contributed by atoms with Gasteiger partial charge in [0.2, 0.25) is 0 Å². The summed E-state index contributed by atoms with van der Waals surface area (Å²) in [5, 5.41) is 6.06. The van der Waals surface area contributed by atoms with Gasteiger partial charge >= 0.3 is 0 Å². The summed E-state index contributed by atoms with van der Waals surface area (Å²) in [6, 6.07) is 0.381. The Morgan fingerprint density at radius 2 is 2.36 bits per heavy atom. The first kappa shape index (κ1) is 11.2. The number of carbonyl (C=O) groups is 1. The monoisotopic (exact) mass is 212 g/mol. The smallest absolute Gasteiger partial charge is 0.139 e. The molecule has 4 heteroatoms. The number of aromatic nitrogens is 1. The lowest BCUT2D eigenvalue weighted by Crippen LogP contribution is -2.10. The van der Waals surface area contributed by atoms with E-state index in [-0.39, 0.29) is 5.78 Å². The van der Waals surface area contributed by atoms with Crippen LogP contribution in [0.15, 0.2) is 5.38 Å². The Balaban J connectivity index is 2.55. The van der Waals surface area contributed by atoms with Gasteiger partial charge in [-0.3, -0.25) is 4.79 Å². The highest BCUT2D eigenvalue weighted by Gasteiger charge is 2.06. The maximum absolute atomic E-state index is 11.2. The van der Waals surface area contributed by atoms with E-state index in [4.69, 9.17) is 0 Å². The molecule has 0 amide bonds. The molecule has 0 aromatic carbocycles. The lowest BCUT2D eigenvalue weighted by molar-refractivity contribution is -0.118. The molecule has 0 bridgehead atoms. The molecule has 0 saturated heterocycles. The fourth-order valence-corrected chi connectivity index (χ4v) is 1.81. The van der Waals surface area contributed by atoms with Gasteiger partial charge in [-0.1, -0.05) is 6.92 Å². The first-order valence-corrected chi connectivity index (χ1v) is 5.72. The van der Waals surface area contributed by atoms with Gasteiger partial charge in [0.05, 0.1) is 6.42 Å². The molecule has 1 N–H and O–H groups in total. The third kappa shape index (κ3) is 3.46. The Hall–Kier alpha value is -0.900. The number of nitrogens with one attached hydrogen (secondary N) is 1. The standard InChI is InChI=1S/C10H16N2OS/c1-4-8(13)5-10-12-9(6-14-10)11-7(2)3/h6-7,11H,4-5H2,1-3H3. The molecule has 0 radical (unpaired) electrons. The van der Waals surface area contributed by atoms with Gasteiger partial charge in [0.1, 0.15) is 16.6 Å². The van der Waals surface area contributed by atoms with Crippen LogP contribution in [0.3, 0.4) is 0 Å². The van der Waals surface area contributed by atoms with Crippen molar-refractivity contribution in [2.24, 2.45) is 0 Å². The van der Waals surface area contributed by atoms with E-state index in [0.29, 0.717) is 18.9 Å². The van der Waals surface area contributed by atoms with Crippen LogP contribution in [0.1, 0.15) is 32.2 Å². The summed E-state index contributed by atoms with van der Waals surface area (Å²) in [7, 11) is 0. The number of rotatable bonds is 5. The van der Waals surface area contributed by atoms with Gasteiger partial charge in [0, 0.05) is 17.8 Å². The number of Topliss-reactive ketones (excluding diaryl/α,β-unsaturated/α-hetero) is 1. The second kappa shape index (κ2) is 5.10. The molecule has 1 rings (SSSR count). The zero-order valence-corrected chi connectivity index (χ0v) is 9.65. The fourth-order valence-electron chi connectivity index (χ4n) is 1.05. The predicted octanol–water partition coefficient (Wildman–Crippen LogP) is 2.49. The van der Waals surface area contributed by atoms with Gasteiger partial charge in [0.15, 0.2) is 0 Å². The van der Waals surface area contributed by atoms with E-state index < -0.39 is 0 Å². The number of hydrogen-bond donors (Lipinski definition) is 1. The van der Waals surface area contributed by atoms with E-state index in [2.05, 4.69) is 24.1 Å². The van der Waals surface area contributed by atoms with E-state index >= 15 is 0 Å². The van der Waals surface area contributed by atoms with Crippen molar-refractivity contribution < 1.29 is 4.79 Å². The van der Waals surface area contributed by atoms with Crippen molar-refractivity contribution in [1.82, 2.24) is 4.98 Å². The number of ketones is 1. The zero-order chi connectivity index (χ0) is 10.6. The molecule has 1 aromatic rings. The van der Waals surface area contributed by atoms with Crippen LogP contribution < -0.4 is 5.32 Å². The molecule has 0 spiro atoms. The van der Waals surface area contributed by atoms with E-state index in [1.807, 2.05) is 12.3 Å². The molecular formula is C10H16N2OS. The summed E-state index contributed by atoms with van der Waals surface area (Å²) >= 11 is 1.54. The Kier molecular flexibility index (Phi) is 4.07. The molecule has 0 atom stereocenters. The van der Waals surface area contributed by atoms with Crippen LogP contribution in [-0.4, -0.2) is 16.8 Å². The van der Waals surface area contributed by atoms with Crippen molar-refractivity contribution in [3.63, 3.8) is 0 Å². The van der Waals surface area contributed by atoms with Gasteiger partial charge < -0.3 is 5.32 Å². The van der Waals surface area contributed by atoms with Crippen LogP contribution in [0.2, 0.25) is 0 Å². The molecule has 0 aliphatic heterocycles. The van der Waals surface area contributed by atoms with Gasteiger partial charge in [-0.15, -0.1) is 11.3 Å². The van der Waals surface area contributed by atoms with E-state index in [0.717, 1.165) is 10.8 Å². The van der Waals surface area contributed by atoms with Gasteiger partial charge in [-0.25, -0.2) is 4.98 Å². The van der Waals surface area contributed by atoms with Crippen LogP contribution in [-0.2, 0) is 11.2 Å². The maximum Gasteiger partial charge on any atom is 0.139 e. The average molecular weight is 212 g/mol. The molecule has 14 heavy (non-hydrogen) atoms. The second-order valence-electron chi connectivity index (χ2n) is 3.49. The van der Waals surface area contributed by atoms with Crippen molar-refractivity contribution in [3.05, 3.63) is 10.4 Å². The van der Waals surface area contributed by atoms with Crippen LogP contribution in [0.4, 0.5) is 5.82 Å². The van der Waals surface area contributed by atoms with Crippen molar-refractivity contribution in [3.8, 4) is 0 Å². The highest BCUT2D eigenvalue weighted by Crippen LogP contribution is 2.15. The molecule has 0 aliphatic carbocycles. The zero-order valence-electron chi connectivity index (χ0n) is 8.83. The van der Waals surface area contributed by atoms with Gasteiger partial charge in [-0.2, -0.15) is 0 Å². The minimum Gasteiger partial charge on any atom is -0.367 e. The SMILES string of the molecule is CCC(=O)Cc1nc(NC(C)C)cs1. The van der Waals surface area contributed by atoms with E-state index in [1.54, 1.807) is 11.3 Å². The predicted molar refractivity (Wildman–Crippen MR) is 59.9 cm³/mol. The molecule has 3 nitrogen and oxygen atoms in total. The van der Waals surface area contributed by atoms with Crippen molar-refractivity contribution in [1.29, 1.82) is 0 Å². The maximum atomic E-state index is 11.2. The molecule has 0 fully saturated rings. The summed E-state index contributed by atoms with van der Waals surface area (Å²) in [6.45, 7) is 6.01. The Labute approximate surface area is 88.6 Å². The van der Waals surface area contributed by atoms with E-state index in [1.165, 1.54) is 0 Å². The lowest BCUT2D eigenvalue weighted by atomic mass is 10.2. The summed E-state index contributed by atoms with van der Waals surface area (Å²) in [5.41, 5.74) is 0. The third-order valence-electron chi connectivity index (χ3n) is 1.73. The minimum atomic E-state index is 0.246. The first-order chi connectivity index (χ1) is 6.61. The lowest BCUT2D eigenvalue weighted by Gasteiger charge is -2.04. The molecule has 0 unspecified atom stereocenters. The summed E-state index contributed by atoms with van der Waals surface area (Å²) < 4.78 is 0. The third-order valence-corrected chi connectivity index (χ3v) is 2.58. The quantitative estimate of drug-likeness (QED) is 0.815. The normalized spacial score (nSPS) is 10.6. The number of nitrogens with zero attached hydrogens (tertiary/aromatic N) is 1. The van der Waals surface area contributed by atoms with Gasteiger partial charge in [-0.05, 0) is 13.8 Å². The van der Waals surface area contributed by atoms with Crippen LogP contribution in [0.5, 0.6) is 0 Å². The molecule has 1 heterocycles. The molecular weight excluding hydrogens is 196 g/mol. The highest BCUT2D eigenvalue weighted by atomic mass is 32.1. The minimum absolute atomic E-state index is 0.246. The van der Waals surface area contributed by atoms with Crippen LogP contribution in [0, 0.1) is 0 Å². The molecule has 78 valence electrons. The first-order valence-electron chi connectivity index (χ1n) is 4.84. The van der Waals surface area contributed by atoms with Crippen molar-refractivity contribution in [2.75, 3.05) is 5.32 Å². The molecule has 1 aromatic heterocycles. The Morgan fingerprint density at radius 3 is 2.93 bits per heavy atom. The Bertz CT molecular complexity index is 307. The topological polar surface area (TPSA) is 42.0 Å². The van der Waals surface area contributed by atoms with Crippen LogP contribution in [0.25, 0.3) is 0 Å². The number of thiazole rings is 1. The average Bonchev–Trinajstić information content (AvgIpc) is 2.51. The van der Waals surface area contributed by atoms with Crippen molar-refractivity contribution in [2.45, 2.75) is 39.7 Å². The molecule has 0 saturated carbocycles. The Morgan fingerprint density at radius 1 is 1.64 bits per heavy atom. The summed E-state index contributed by atoms with van der Waals surface area (Å²) in [5.74, 6) is 1.12. The summed E-state index contributed by atoms with van der Waals surface area (Å²) in [6.07, 6.45) is 1.06. The number of carbonyl (C=O) groups excluding carboxylic acids is 1. The van der Waals surface area contributed by atoms with Crippen molar-refractivity contribution >= 4 is 22.9 Å². The van der Waals surface area contributed by atoms with E-state index in [9.17, 15) is 4.79 Å². The van der Waals surface area contributed by atoms with Gasteiger partial charge in [0.25, 0.3) is 0 Å². The van der Waals surface area contributed by atoms with Crippen LogP contribution >= 0.6 is 11.3 Å². The second-order valence-corrected chi connectivity index (χ2v) is 4.44. The fraction of sp³-hybridized carbons (Fsp3) is 0.600. The summed E-state index contributed by atoms with van der Waals surface area (Å²) in [4.78, 5) is 15.5. The highest BCUT2D eigenvalue weighted by molar-refractivity contribution is 7.10. The molecule has 0 aliphatic rings.